The van der Waals surface area contributed by atoms with Gasteiger partial charge in [-0.3, -0.25) is 14.5 Å². The summed E-state index contributed by atoms with van der Waals surface area (Å²) in [7, 11) is 0. The SMILES string of the molecule is O=C(OCCOC(=O)c1cccc(N2C(=O)CCC2=O)c1)c1ccccc1. The first kappa shape index (κ1) is 18.3. The highest BCUT2D eigenvalue weighted by Crippen LogP contribution is 2.23. The minimum Gasteiger partial charge on any atom is -0.458 e. The highest BCUT2D eigenvalue weighted by Gasteiger charge is 2.30. The van der Waals surface area contributed by atoms with Crippen LogP contribution in [0.1, 0.15) is 33.6 Å². The fraction of sp³-hybridized carbons (Fsp3) is 0.200. The zero-order chi connectivity index (χ0) is 19.2. The van der Waals surface area contributed by atoms with Crippen molar-refractivity contribution in [2.24, 2.45) is 0 Å². The van der Waals surface area contributed by atoms with Crippen LogP contribution in [0.2, 0.25) is 0 Å². The molecule has 2 amide bonds. The Kier molecular flexibility index (Phi) is 5.61. The Bertz CT molecular complexity index is 861. The van der Waals surface area contributed by atoms with Crippen LogP contribution in [0.5, 0.6) is 0 Å². The molecule has 1 aliphatic heterocycles. The minimum absolute atomic E-state index is 0.0811. The molecule has 1 heterocycles. The lowest BCUT2D eigenvalue weighted by atomic mass is 10.2. The van der Waals surface area contributed by atoms with Crippen molar-refractivity contribution in [1.29, 1.82) is 0 Å². The topological polar surface area (TPSA) is 90.0 Å². The third-order valence-corrected chi connectivity index (χ3v) is 3.95. The number of nitrogens with zero attached hydrogens (tertiary/aromatic N) is 1. The average Bonchev–Trinajstić information content (AvgIpc) is 3.04. The number of hydrogen-bond acceptors (Lipinski definition) is 6. The van der Waals surface area contributed by atoms with Crippen LogP contribution in [-0.2, 0) is 19.1 Å². The number of esters is 2. The summed E-state index contributed by atoms with van der Waals surface area (Å²) in [6, 6.07) is 14.6. The molecule has 2 aromatic rings. The number of hydrogen-bond donors (Lipinski definition) is 0. The molecule has 0 aliphatic carbocycles. The van der Waals surface area contributed by atoms with Crippen molar-refractivity contribution < 1.29 is 28.7 Å². The maximum Gasteiger partial charge on any atom is 0.338 e. The number of imide groups is 1. The molecule has 0 unspecified atom stereocenters. The molecule has 0 radical (unpaired) electrons. The Morgan fingerprint density at radius 2 is 1.33 bits per heavy atom. The van der Waals surface area contributed by atoms with Crippen molar-refractivity contribution in [2.45, 2.75) is 12.8 Å². The van der Waals surface area contributed by atoms with E-state index in [1.807, 2.05) is 0 Å². The molecule has 0 saturated carbocycles. The van der Waals surface area contributed by atoms with Crippen LogP contribution in [0, 0.1) is 0 Å². The van der Waals surface area contributed by atoms with Gasteiger partial charge in [0.15, 0.2) is 0 Å². The highest BCUT2D eigenvalue weighted by atomic mass is 16.6. The fourth-order valence-corrected chi connectivity index (χ4v) is 2.65. The van der Waals surface area contributed by atoms with Gasteiger partial charge in [-0.25, -0.2) is 9.59 Å². The Morgan fingerprint density at radius 3 is 1.96 bits per heavy atom. The van der Waals surface area contributed by atoms with E-state index in [-0.39, 0.29) is 43.4 Å². The first-order valence-corrected chi connectivity index (χ1v) is 8.41. The maximum absolute atomic E-state index is 12.1. The molecule has 1 saturated heterocycles. The summed E-state index contributed by atoms with van der Waals surface area (Å²) in [4.78, 5) is 48.6. The van der Waals surface area contributed by atoms with Gasteiger partial charge < -0.3 is 9.47 Å². The average molecular weight is 367 g/mol. The summed E-state index contributed by atoms with van der Waals surface area (Å²) in [5, 5.41) is 0. The van der Waals surface area contributed by atoms with E-state index in [9.17, 15) is 19.2 Å². The van der Waals surface area contributed by atoms with E-state index in [0.717, 1.165) is 4.90 Å². The molecule has 2 aromatic carbocycles. The Morgan fingerprint density at radius 1 is 0.778 bits per heavy atom. The van der Waals surface area contributed by atoms with Crippen molar-refractivity contribution >= 4 is 29.4 Å². The van der Waals surface area contributed by atoms with E-state index in [1.165, 1.54) is 12.1 Å². The molecule has 7 heteroatoms. The smallest absolute Gasteiger partial charge is 0.338 e. The third kappa shape index (κ3) is 4.38. The Labute approximate surface area is 155 Å². The van der Waals surface area contributed by atoms with Crippen LogP contribution >= 0.6 is 0 Å². The fourth-order valence-electron chi connectivity index (χ4n) is 2.65. The van der Waals surface area contributed by atoms with Crippen LogP contribution < -0.4 is 4.90 Å². The second-order valence-electron chi connectivity index (χ2n) is 5.81. The first-order chi connectivity index (χ1) is 13.1. The molecule has 27 heavy (non-hydrogen) atoms. The molecule has 1 aliphatic rings. The van der Waals surface area contributed by atoms with E-state index < -0.39 is 11.9 Å². The van der Waals surface area contributed by atoms with Crippen LogP contribution in [-0.4, -0.2) is 37.0 Å². The monoisotopic (exact) mass is 367 g/mol. The summed E-state index contributed by atoms with van der Waals surface area (Å²) in [6.45, 7) is -0.189. The molecule has 0 aromatic heterocycles. The second-order valence-corrected chi connectivity index (χ2v) is 5.81. The lowest BCUT2D eigenvalue weighted by Crippen LogP contribution is -2.28. The zero-order valence-electron chi connectivity index (χ0n) is 14.4. The summed E-state index contributed by atoms with van der Waals surface area (Å²) in [6.07, 6.45) is 0.334. The summed E-state index contributed by atoms with van der Waals surface area (Å²) in [5.74, 6) is -1.72. The standard InChI is InChI=1S/C20H17NO6/c22-17-9-10-18(23)21(17)16-8-4-7-15(13-16)20(25)27-12-11-26-19(24)14-5-2-1-3-6-14/h1-8,13H,9-12H2. The molecule has 0 N–H and O–H groups in total. The van der Waals surface area contributed by atoms with Crippen LogP contribution in [0.3, 0.4) is 0 Å². The molecule has 0 bridgehead atoms. The predicted octanol–water partition coefficient (Wildman–Crippen LogP) is 2.35. The van der Waals surface area contributed by atoms with Crippen LogP contribution in [0.4, 0.5) is 5.69 Å². The minimum atomic E-state index is -0.633. The Balaban J connectivity index is 1.53. The number of carbonyl (C=O) groups is 4. The number of benzene rings is 2. The van der Waals surface area contributed by atoms with Gasteiger partial charge in [0.2, 0.25) is 11.8 Å². The van der Waals surface area contributed by atoms with Gasteiger partial charge in [0.25, 0.3) is 0 Å². The van der Waals surface area contributed by atoms with Gasteiger partial charge in [-0.15, -0.1) is 0 Å². The normalized spacial score (nSPS) is 13.6. The number of carbonyl (C=O) groups excluding carboxylic acids is 4. The van der Waals surface area contributed by atoms with Gasteiger partial charge >= 0.3 is 11.9 Å². The van der Waals surface area contributed by atoms with Crippen molar-refractivity contribution in [3.05, 3.63) is 65.7 Å². The van der Waals surface area contributed by atoms with E-state index in [2.05, 4.69) is 0 Å². The first-order valence-electron chi connectivity index (χ1n) is 8.41. The molecule has 3 rings (SSSR count). The summed E-state index contributed by atoms with van der Waals surface area (Å²) in [5.41, 5.74) is 0.957. The molecule has 138 valence electrons. The Hall–Kier alpha value is -3.48. The van der Waals surface area contributed by atoms with Gasteiger partial charge in [0.1, 0.15) is 13.2 Å². The van der Waals surface area contributed by atoms with E-state index in [4.69, 9.17) is 9.47 Å². The molecule has 1 fully saturated rings. The number of ether oxygens (including phenoxy) is 2. The second kappa shape index (κ2) is 8.27. The number of anilines is 1. The summed E-state index contributed by atoms with van der Waals surface area (Å²) >= 11 is 0. The molecule has 0 spiro atoms. The number of amides is 2. The van der Waals surface area contributed by atoms with E-state index >= 15 is 0 Å². The van der Waals surface area contributed by atoms with Crippen molar-refractivity contribution in [2.75, 3.05) is 18.1 Å². The number of rotatable bonds is 6. The lowest BCUT2D eigenvalue weighted by molar-refractivity contribution is -0.121. The quantitative estimate of drug-likeness (QED) is 0.442. The van der Waals surface area contributed by atoms with Gasteiger partial charge in [0, 0.05) is 12.8 Å². The van der Waals surface area contributed by atoms with Gasteiger partial charge in [-0.2, -0.15) is 0 Å². The lowest BCUT2D eigenvalue weighted by Gasteiger charge is -2.14. The van der Waals surface area contributed by atoms with Crippen LogP contribution in [0.25, 0.3) is 0 Å². The summed E-state index contributed by atoms with van der Waals surface area (Å²) < 4.78 is 10.1. The van der Waals surface area contributed by atoms with Gasteiger partial charge in [0.05, 0.1) is 16.8 Å². The van der Waals surface area contributed by atoms with Gasteiger partial charge in [-0.05, 0) is 30.3 Å². The maximum atomic E-state index is 12.1. The molecule has 0 atom stereocenters. The zero-order valence-corrected chi connectivity index (χ0v) is 14.4. The molecular weight excluding hydrogens is 350 g/mol. The third-order valence-electron chi connectivity index (χ3n) is 3.95. The van der Waals surface area contributed by atoms with Crippen molar-refractivity contribution in [3.63, 3.8) is 0 Å². The highest BCUT2D eigenvalue weighted by molar-refractivity contribution is 6.20. The van der Waals surface area contributed by atoms with Crippen LogP contribution in [0.15, 0.2) is 54.6 Å². The van der Waals surface area contributed by atoms with E-state index in [1.54, 1.807) is 42.5 Å². The molecule has 7 nitrogen and oxygen atoms in total. The van der Waals surface area contributed by atoms with E-state index in [0.29, 0.717) is 11.3 Å². The van der Waals surface area contributed by atoms with Crippen molar-refractivity contribution in [3.8, 4) is 0 Å². The molecular formula is C20H17NO6. The van der Waals surface area contributed by atoms with Gasteiger partial charge in [-0.1, -0.05) is 24.3 Å². The largest absolute Gasteiger partial charge is 0.458 e. The van der Waals surface area contributed by atoms with Crippen molar-refractivity contribution in [1.82, 2.24) is 0 Å². The predicted molar refractivity (Wildman–Crippen MR) is 95.2 cm³/mol.